The molecule has 0 aromatic carbocycles. The van der Waals surface area contributed by atoms with E-state index in [1.165, 1.54) is 35.4 Å². The van der Waals surface area contributed by atoms with Gasteiger partial charge in [0.2, 0.25) is 0 Å². The average Bonchev–Trinajstić information content (AvgIpc) is 2.89. The third-order valence-electron chi connectivity index (χ3n) is 4.08. The lowest BCUT2D eigenvalue weighted by Gasteiger charge is -2.15. The average molecular weight is 284 g/mol. The van der Waals surface area contributed by atoms with Gasteiger partial charge in [0.25, 0.3) is 0 Å². The van der Waals surface area contributed by atoms with Crippen molar-refractivity contribution in [2.45, 2.75) is 59.0 Å². The van der Waals surface area contributed by atoms with Gasteiger partial charge in [0.1, 0.15) is 12.1 Å². The molecule has 4 nitrogen and oxygen atoms in total. The van der Waals surface area contributed by atoms with Crippen molar-refractivity contribution in [1.82, 2.24) is 19.9 Å². The number of fused-ring (bicyclic) bond motifs is 1. The zero-order valence-electron chi connectivity index (χ0n) is 13.2. The van der Waals surface area contributed by atoms with Gasteiger partial charge in [-0.3, -0.25) is 4.57 Å². The second-order valence-electron chi connectivity index (χ2n) is 6.23. The van der Waals surface area contributed by atoms with Gasteiger partial charge in [0.15, 0.2) is 0 Å². The number of aromatic nitrogens is 3. The minimum absolute atomic E-state index is 0.491. The van der Waals surface area contributed by atoms with Crippen LogP contribution in [0.5, 0.6) is 0 Å². The van der Waals surface area contributed by atoms with Gasteiger partial charge in [0, 0.05) is 24.5 Å². The summed E-state index contributed by atoms with van der Waals surface area (Å²) in [5.74, 6) is 1.03. The summed E-state index contributed by atoms with van der Waals surface area (Å²) in [5.41, 5.74) is 5.06. The van der Waals surface area contributed by atoms with Crippen molar-refractivity contribution in [2.24, 2.45) is 0 Å². The normalized spacial score (nSPS) is 14.5. The highest BCUT2D eigenvalue weighted by Crippen LogP contribution is 2.23. The SMILES string of the molecule is Cc1cc(CNC(C)C)cnc1-n1cnc2c1CCCC2. The van der Waals surface area contributed by atoms with Crippen molar-refractivity contribution in [2.75, 3.05) is 0 Å². The standard InChI is InChI=1S/C17H24N4/c1-12(2)18-9-14-8-13(3)17(19-10-14)21-11-20-15-6-4-5-7-16(15)21/h8,10-12,18H,4-7,9H2,1-3H3. The zero-order chi connectivity index (χ0) is 14.8. The Labute approximate surface area is 126 Å². The molecule has 0 unspecified atom stereocenters. The van der Waals surface area contributed by atoms with E-state index in [9.17, 15) is 0 Å². The van der Waals surface area contributed by atoms with E-state index < -0.39 is 0 Å². The van der Waals surface area contributed by atoms with Crippen LogP contribution in [0.15, 0.2) is 18.6 Å². The zero-order valence-corrected chi connectivity index (χ0v) is 13.2. The Hall–Kier alpha value is -1.68. The summed E-state index contributed by atoms with van der Waals surface area (Å²) >= 11 is 0. The number of rotatable bonds is 4. The van der Waals surface area contributed by atoms with Gasteiger partial charge in [-0.2, -0.15) is 0 Å². The Bertz CT molecular complexity index is 628. The topological polar surface area (TPSA) is 42.7 Å². The Morgan fingerprint density at radius 2 is 2.05 bits per heavy atom. The fourth-order valence-corrected chi connectivity index (χ4v) is 2.95. The van der Waals surface area contributed by atoms with Crippen molar-refractivity contribution in [3.05, 3.63) is 41.1 Å². The molecular weight excluding hydrogens is 260 g/mol. The van der Waals surface area contributed by atoms with Gasteiger partial charge in [-0.25, -0.2) is 9.97 Å². The van der Waals surface area contributed by atoms with Crippen molar-refractivity contribution in [3.63, 3.8) is 0 Å². The number of hydrogen-bond donors (Lipinski definition) is 1. The molecule has 1 aliphatic rings. The molecule has 0 saturated carbocycles. The van der Waals surface area contributed by atoms with Crippen LogP contribution in [0.3, 0.4) is 0 Å². The van der Waals surface area contributed by atoms with E-state index in [2.05, 4.69) is 46.7 Å². The summed E-state index contributed by atoms with van der Waals surface area (Å²) < 4.78 is 2.18. The first-order chi connectivity index (χ1) is 10.1. The first kappa shape index (κ1) is 14.3. The number of nitrogens with one attached hydrogen (secondary N) is 1. The molecule has 0 saturated heterocycles. The van der Waals surface area contributed by atoms with Crippen molar-refractivity contribution in [1.29, 1.82) is 0 Å². The molecule has 0 amide bonds. The summed E-state index contributed by atoms with van der Waals surface area (Å²) in [4.78, 5) is 9.26. The third kappa shape index (κ3) is 3.00. The summed E-state index contributed by atoms with van der Waals surface area (Å²) in [6.07, 6.45) is 8.67. The third-order valence-corrected chi connectivity index (χ3v) is 4.08. The maximum absolute atomic E-state index is 4.69. The van der Waals surface area contributed by atoms with Crippen LogP contribution in [-0.2, 0) is 19.4 Å². The Morgan fingerprint density at radius 1 is 1.24 bits per heavy atom. The monoisotopic (exact) mass is 284 g/mol. The van der Waals surface area contributed by atoms with Crippen LogP contribution in [0.25, 0.3) is 5.82 Å². The molecule has 0 fully saturated rings. The lowest BCUT2D eigenvalue weighted by Crippen LogP contribution is -2.22. The Kier molecular flexibility index (Phi) is 4.06. The highest BCUT2D eigenvalue weighted by molar-refractivity contribution is 5.38. The van der Waals surface area contributed by atoms with Crippen LogP contribution < -0.4 is 5.32 Å². The molecule has 112 valence electrons. The maximum atomic E-state index is 4.69. The van der Waals surface area contributed by atoms with E-state index in [1.807, 2.05) is 12.5 Å². The van der Waals surface area contributed by atoms with Gasteiger partial charge >= 0.3 is 0 Å². The molecule has 21 heavy (non-hydrogen) atoms. The van der Waals surface area contributed by atoms with Crippen LogP contribution in [-0.4, -0.2) is 20.6 Å². The summed E-state index contributed by atoms with van der Waals surface area (Å²) in [5, 5.41) is 3.43. The molecule has 3 rings (SSSR count). The molecule has 0 aliphatic heterocycles. The van der Waals surface area contributed by atoms with Crippen LogP contribution >= 0.6 is 0 Å². The number of imidazole rings is 1. The molecule has 0 radical (unpaired) electrons. The van der Waals surface area contributed by atoms with Gasteiger partial charge in [-0.05, 0) is 49.8 Å². The molecule has 2 heterocycles. The molecule has 2 aromatic rings. The number of pyridine rings is 1. The van der Waals surface area contributed by atoms with E-state index in [-0.39, 0.29) is 0 Å². The van der Waals surface area contributed by atoms with Crippen LogP contribution in [0.4, 0.5) is 0 Å². The largest absolute Gasteiger partial charge is 0.310 e. The van der Waals surface area contributed by atoms with Crippen LogP contribution in [0.2, 0.25) is 0 Å². The van der Waals surface area contributed by atoms with E-state index in [0.717, 1.165) is 25.2 Å². The van der Waals surface area contributed by atoms with Crippen LogP contribution in [0.1, 0.15) is 49.2 Å². The molecule has 0 spiro atoms. The van der Waals surface area contributed by atoms with E-state index in [4.69, 9.17) is 0 Å². The summed E-state index contributed by atoms with van der Waals surface area (Å²) in [6, 6.07) is 2.72. The molecule has 1 N–H and O–H groups in total. The lowest BCUT2D eigenvalue weighted by molar-refractivity contribution is 0.587. The Balaban J connectivity index is 1.87. The second kappa shape index (κ2) is 5.98. The number of nitrogens with zero attached hydrogens (tertiary/aromatic N) is 3. The minimum atomic E-state index is 0.491. The quantitative estimate of drug-likeness (QED) is 0.938. The van der Waals surface area contributed by atoms with Crippen LogP contribution in [0, 0.1) is 6.92 Å². The predicted octanol–water partition coefficient (Wildman–Crippen LogP) is 2.95. The highest BCUT2D eigenvalue weighted by atomic mass is 15.1. The van der Waals surface area contributed by atoms with Crippen molar-refractivity contribution < 1.29 is 0 Å². The molecule has 4 heteroatoms. The van der Waals surface area contributed by atoms with E-state index in [1.54, 1.807) is 0 Å². The summed E-state index contributed by atoms with van der Waals surface area (Å²) in [7, 11) is 0. The number of hydrogen-bond acceptors (Lipinski definition) is 3. The fraction of sp³-hybridized carbons (Fsp3) is 0.529. The lowest BCUT2D eigenvalue weighted by atomic mass is 10.0. The van der Waals surface area contributed by atoms with Gasteiger partial charge in [-0.1, -0.05) is 13.8 Å². The van der Waals surface area contributed by atoms with Gasteiger partial charge in [-0.15, -0.1) is 0 Å². The summed E-state index contributed by atoms with van der Waals surface area (Å²) in [6.45, 7) is 7.32. The fourth-order valence-electron chi connectivity index (χ4n) is 2.95. The first-order valence-corrected chi connectivity index (χ1v) is 7.89. The van der Waals surface area contributed by atoms with Crippen molar-refractivity contribution >= 4 is 0 Å². The van der Waals surface area contributed by atoms with Gasteiger partial charge < -0.3 is 5.32 Å². The maximum Gasteiger partial charge on any atom is 0.140 e. The predicted molar refractivity (Wildman–Crippen MR) is 84.7 cm³/mol. The minimum Gasteiger partial charge on any atom is -0.310 e. The molecule has 0 bridgehead atoms. The smallest absolute Gasteiger partial charge is 0.140 e. The molecule has 0 atom stereocenters. The van der Waals surface area contributed by atoms with Crippen molar-refractivity contribution in [3.8, 4) is 5.82 Å². The van der Waals surface area contributed by atoms with E-state index in [0.29, 0.717) is 6.04 Å². The highest BCUT2D eigenvalue weighted by Gasteiger charge is 2.17. The number of aryl methyl sites for hydroxylation is 2. The van der Waals surface area contributed by atoms with Gasteiger partial charge in [0.05, 0.1) is 5.69 Å². The molecule has 2 aromatic heterocycles. The van der Waals surface area contributed by atoms with E-state index >= 15 is 0 Å². The Morgan fingerprint density at radius 3 is 2.81 bits per heavy atom. The first-order valence-electron chi connectivity index (χ1n) is 7.89. The molecule has 1 aliphatic carbocycles. The molecular formula is C17H24N4. The second-order valence-corrected chi connectivity index (χ2v) is 6.23.